The van der Waals surface area contributed by atoms with Crippen molar-refractivity contribution >= 4 is 15.9 Å². The van der Waals surface area contributed by atoms with Gasteiger partial charge in [-0.2, -0.15) is 0 Å². The van der Waals surface area contributed by atoms with Gasteiger partial charge in [0.25, 0.3) is 0 Å². The van der Waals surface area contributed by atoms with Crippen molar-refractivity contribution in [2.24, 2.45) is 0 Å². The highest BCUT2D eigenvalue weighted by molar-refractivity contribution is 9.10. The number of likely N-dealkylation sites (tertiary alicyclic amines) is 1. The summed E-state index contributed by atoms with van der Waals surface area (Å²) in [5.41, 5.74) is 1.34. The lowest BCUT2D eigenvalue weighted by molar-refractivity contribution is 0.174. The normalized spacial score (nSPS) is 21.7. The molecule has 0 spiro atoms. The van der Waals surface area contributed by atoms with Crippen LogP contribution in [0.1, 0.15) is 31.4 Å². The zero-order valence-corrected chi connectivity index (χ0v) is 13.1. The molecule has 19 heavy (non-hydrogen) atoms. The van der Waals surface area contributed by atoms with Crippen LogP contribution >= 0.6 is 15.9 Å². The lowest BCUT2D eigenvalue weighted by atomic mass is 10.0. The molecule has 2 N–H and O–H groups in total. The molecule has 2 rings (SSSR count). The summed E-state index contributed by atoms with van der Waals surface area (Å²) in [4.78, 5) is 2.36. The minimum absolute atomic E-state index is 0.120. The van der Waals surface area contributed by atoms with Crippen LogP contribution in [0.2, 0.25) is 0 Å². The van der Waals surface area contributed by atoms with E-state index in [0.29, 0.717) is 6.04 Å². The van der Waals surface area contributed by atoms with Crippen LogP contribution in [-0.4, -0.2) is 42.3 Å². The second-order valence-electron chi connectivity index (χ2n) is 5.19. The first kappa shape index (κ1) is 15.0. The summed E-state index contributed by atoms with van der Waals surface area (Å²) in [7, 11) is 0. The van der Waals surface area contributed by atoms with Crippen LogP contribution in [0.15, 0.2) is 28.7 Å². The van der Waals surface area contributed by atoms with E-state index < -0.39 is 0 Å². The van der Waals surface area contributed by atoms with E-state index in [2.05, 4.69) is 57.3 Å². The third kappa shape index (κ3) is 4.56. The maximum Gasteiger partial charge on any atom is 0.0679 e. The number of aliphatic hydroxyl groups is 1. The van der Waals surface area contributed by atoms with Gasteiger partial charge in [0.05, 0.1) is 6.10 Å². The van der Waals surface area contributed by atoms with Crippen molar-refractivity contribution in [3.63, 3.8) is 0 Å². The molecule has 1 heterocycles. The van der Waals surface area contributed by atoms with Gasteiger partial charge in [-0.25, -0.2) is 0 Å². The highest BCUT2D eigenvalue weighted by Gasteiger charge is 2.21. The van der Waals surface area contributed by atoms with E-state index in [9.17, 15) is 5.11 Å². The predicted octanol–water partition coefficient (Wildman–Crippen LogP) is 2.56. The molecule has 4 heteroatoms. The lowest BCUT2D eigenvalue weighted by Crippen LogP contribution is -2.28. The summed E-state index contributed by atoms with van der Waals surface area (Å²) in [6, 6.07) is 8.95. The molecule has 0 aliphatic carbocycles. The Balaban J connectivity index is 1.90. The van der Waals surface area contributed by atoms with Crippen molar-refractivity contribution in [1.82, 2.24) is 10.2 Å². The monoisotopic (exact) mass is 326 g/mol. The smallest absolute Gasteiger partial charge is 0.0679 e. The first-order chi connectivity index (χ1) is 9.19. The molecule has 0 saturated carbocycles. The fraction of sp³-hybridized carbons (Fsp3) is 0.600. The quantitative estimate of drug-likeness (QED) is 0.843. The van der Waals surface area contributed by atoms with Crippen molar-refractivity contribution in [1.29, 1.82) is 0 Å². The molecule has 0 bridgehead atoms. The molecule has 0 aromatic heterocycles. The largest absolute Gasteiger partial charge is 0.392 e. The minimum atomic E-state index is -0.120. The second-order valence-corrected chi connectivity index (χ2v) is 6.11. The average Bonchev–Trinajstić information content (AvgIpc) is 2.81. The van der Waals surface area contributed by atoms with Gasteiger partial charge in [-0.15, -0.1) is 0 Å². The van der Waals surface area contributed by atoms with Crippen molar-refractivity contribution in [3.05, 3.63) is 34.3 Å². The Labute approximate surface area is 124 Å². The number of aliphatic hydroxyl groups excluding tert-OH is 1. The molecule has 1 fully saturated rings. The second kappa shape index (κ2) is 7.39. The molecule has 1 aromatic carbocycles. The minimum Gasteiger partial charge on any atom is -0.392 e. The van der Waals surface area contributed by atoms with E-state index in [-0.39, 0.29) is 6.10 Å². The highest BCUT2D eigenvalue weighted by atomic mass is 79.9. The molecular formula is C15H23BrN2O. The molecule has 0 radical (unpaired) electrons. The fourth-order valence-electron chi connectivity index (χ4n) is 2.66. The summed E-state index contributed by atoms with van der Waals surface area (Å²) < 4.78 is 1.12. The van der Waals surface area contributed by atoms with E-state index in [1.54, 1.807) is 0 Å². The standard InChI is InChI=1S/C15H23BrN2O/c1-2-17-15(12-3-5-13(16)6-4-12)8-10-18-9-7-14(19)11-18/h3-6,14-15,17,19H,2,7-11H2,1H3. The average molecular weight is 327 g/mol. The van der Waals surface area contributed by atoms with Gasteiger partial charge in [-0.1, -0.05) is 35.0 Å². The summed E-state index contributed by atoms with van der Waals surface area (Å²) >= 11 is 3.48. The number of hydrogen-bond donors (Lipinski definition) is 2. The molecule has 106 valence electrons. The van der Waals surface area contributed by atoms with E-state index >= 15 is 0 Å². The molecule has 3 nitrogen and oxygen atoms in total. The molecule has 1 aliphatic rings. The van der Waals surface area contributed by atoms with Crippen LogP contribution in [0.4, 0.5) is 0 Å². The van der Waals surface area contributed by atoms with E-state index in [1.165, 1.54) is 5.56 Å². The molecule has 1 aliphatic heterocycles. The van der Waals surface area contributed by atoms with Gasteiger partial charge in [0, 0.05) is 30.1 Å². The third-order valence-electron chi connectivity index (χ3n) is 3.70. The van der Waals surface area contributed by atoms with Crippen molar-refractivity contribution in [3.8, 4) is 0 Å². The number of nitrogens with one attached hydrogen (secondary N) is 1. The van der Waals surface area contributed by atoms with Crippen LogP contribution in [0, 0.1) is 0 Å². The summed E-state index contributed by atoms with van der Waals surface area (Å²) in [6.45, 7) is 6.03. The van der Waals surface area contributed by atoms with Crippen LogP contribution < -0.4 is 5.32 Å². The van der Waals surface area contributed by atoms with E-state index in [1.807, 2.05) is 0 Å². The Bertz CT molecular complexity index is 382. The Hall–Kier alpha value is -0.420. The number of benzene rings is 1. The first-order valence-electron chi connectivity index (χ1n) is 7.08. The van der Waals surface area contributed by atoms with Crippen LogP contribution in [0.5, 0.6) is 0 Å². The lowest BCUT2D eigenvalue weighted by Gasteiger charge is -2.22. The zero-order valence-electron chi connectivity index (χ0n) is 11.5. The van der Waals surface area contributed by atoms with Gasteiger partial charge >= 0.3 is 0 Å². The third-order valence-corrected chi connectivity index (χ3v) is 4.23. The maximum absolute atomic E-state index is 9.55. The number of hydrogen-bond acceptors (Lipinski definition) is 3. The number of β-amino-alcohol motifs (C(OH)–C–C–N with tert-alkyl or cyclic N) is 1. The first-order valence-corrected chi connectivity index (χ1v) is 7.87. The van der Waals surface area contributed by atoms with Crippen LogP contribution in [0.25, 0.3) is 0 Å². The molecule has 0 amide bonds. The van der Waals surface area contributed by atoms with Gasteiger partial charge in [0.1, 0.15) is 0 Å². The molecule has 2 atom stereocenters. The summed E-state index contributed by atoms with van der Waals surface area (Å²) in [5, 5.41) is 13.1. The Kier molecular flexibility index (Phi) is 5.82. The van der Waals surface area contributed by atoms with Gasteiger partial charge in [0.2, 0.25) is 0 Å². The zero-order chi connectivity index (χ0) is 13.7. The van der Waals surface area contributed by atoms with E-state index in [0.717, 1.165) is 43.5 Å². The molecule has 1 saturated heterocycles. The van der Waals surface area contributed by atoms with Gasteiger partial charge < -0.3 is 15.3 Å². The van der Waals surface area contributed by atoms with Crippen LogP contribution in [0.3, 0.4) is 0 Å². The van der Waals surface area contributed by atoms with Gasteiger partial charge in [-0.05, 0) is 37.1 Å². The van der Waals surface area contributed by atoms with Gasteiger partial charge in [-0.3, -0.25) is 0 Å². The van der Waals surface area contributed by atoms with Crippen molar-refractivity contribution < 1.29 is 5.11 Å². The SMILES string of the molecule is CCNC(CCN1CCC(O)C1)c1ccc(Br)cc1. The fourth-order valence-corrected chi connectivity index (χ4v) is 2.92. The van der Waals surface area contributed by atoms with E-state index in [4.69, 9.17) is 0 Å². The van der Waals surface area contributed by atoms with Gasteiger partial charge in [0.15, 0.2) is 0 Å². The maximum atomic E-state index is 9.55. The molecule has 2 unspecified atom stereocenters. The van der Waals surface area contributed by atoms with Crippen LogP contribution in [-0.2, 0) is 0 Å². The Morgan fingerprint density at radius 3 is 2.74 bits per heavy atom. The highest BCUT2D eigenvalue weighted by Crippen LogP contribution is 2.21. The summed E-state index contributed by atoms with van der Waals surface area (Å²) in [6.07, 6.45) is 1.89. The number of rotatable bonds is 6. The van der Waals surface area contributed by atoms with Crippen molar-refractivity contribution in [2.45, 2.75) is 31.9 Å². The predicted molar refractivity (Wildman–Crippen MR) is 82.2 cm³/mol. The number of nitrogens with zero attached hydrogens (tertiary/aromatic N) is 1. The molecule has 1 aromatic rings. The van der Waals surface area contributed by atoms with Crippen molar-refractivity contribution in [2.75, 3.05) is 26.2 Å². The Morgan fingerprint density at radius 1 is 1.42 bits per heavy atom. The topological polar surface area (TPSA) is 35.5 Å². The Morgan fingerprint density at radius 2 is 2.16 bits per heavy atom. The molecular weight excluding hydrogens is 304 g/mol. The summed E-state index contributed by atoms with van der Waals surface area (Å²) in [5.74, 6) is 0. The number of halogens is 1.